The van der Waals surface area contributed by atoms with E-state index < -0.39 is 141 Å². The minimum absolute atomic E-state index is 0.0641. The monoisotopic (exact) mass is 1260 g/mol. The van der Waals surface area contributed by atoms with Crippen LogP contribution in [0.3, 0.4) is 0 Å². The molecule has 6 saturated carbocycles. The molecule has 2 saturated heterocycles. The Morgan fingerprint density at radius 3 is 1.00 bits per heavy atom. The third-order valence-electron chi connectivity index (χ3n) is 20.8. The molecular weight excluding hydrogens is 1160 g/mol. The van der Waals surface area contributed by atoms with Crippen molar-refractivity contribution in [2.24, 2.45) is 79.5 Å². The van der Waals surface area contributed by atoms with Gasteiger partial charge in [0.05, 0.1) is 12.1 Å². The lowest BCUT2D eigenvalue weighted by molar-refractivity contribution is -0.158. The number of hydrogen-bond acceptors (Lipinski definition) is 14. The van der Waals surface area contributed by atoms with E-state index in [1.165, 1.54) is 9.80 Å². The number of Topliss-reactive ketones (excluding diaryl/α,β-unsaturated/α-hetero) is 2. The van der Waals surface area contributed by atoms with E-state index in [1.807, 2.05) is 96.9 Å². The maximum Gasteiger partial charge on any atom is 0.329 e. The van der Waals surface area contributed by atoms with Crippen LogP contribution in [0, 0.1) is 68.0 Å². The number of carbonyl (C=O) groups is 12. The van der Waals surface area contributed by atoms with Gasteiger partial charge in [0.1, 0.15) is 48.5 Å². The number of ketones is 2. The summed E-state index contributed by atoms with van der Waals surface area (Å²) in [4.78, 5) is 161. The number of nitrogens with zero attached hydrogens (tertiary/aromatic N) is 2. The first kappa shape index (κ1) is 71.1. The quantitative estimate of drug-likeness (QED) is 0.0531. The molecule has 0 aromatic heterocycles. The zero-order valence-electron chi connectivity index (χ0n) is 56.3. The fraction of sp³-hybridized carbons (Fsp3) is 0.818. The first-order chi connectivity index (χ1) is 41.5. The van der Waals surface area contributed by atoms with E-state index in [1.54, 1.807) is 0 Å². The number of piperidine rings is 2. The summed E-state index contributed by atoms with van der Waals surface area (Å²) >= 11 is 0. The number of nitrogens with one attached hydrogen (secondary N) is 6. The van der Waals surface area contributed by atoms with Gasteiger partial charge in [-0.15, -0.1) is 0 Å². The summed E-state index contributed by atoms with van der Waals surface area (Å²) in [5, 5.41) is 16.7. The molecule has 2 unspecified atom stereocenters. The third kappa shape index (κ3) is 16.5. The number of hydrogen-bond donors (Lipinski definition) is 8. The van der Waals surface area contributed by atoms with Crippen LogP contribution >= 0.6 is 0 Å². The molecule has 10 N–H and O–H groups in total. The molecule has 0 radical (unpaired) electrons. The van der Waals surface area contributed by atoms with E-state index in [-0.39, 0.29) is 58.5 Å². The van der Waals surface area contributed by atoms with Gasteiger partial charge >= 0.3 is 24.0 Å². The van der Waals surface area contributed by atoms with Gasteiger partial charge in [0.25, 0.3) is 11.8 Å². The number of urea groups is 2. The lowest BCUT2D eigenvalue weighted by Crippen LogP contribution is -2.63. The first-order valence-electron chi connectivity index (χ1n) is 32.9. The zero-order valence-corrected chi connectivity index (χ0v) is 56.3. The first-order valence-corrected chi connectivity index (χ1v) is 32.9. The highest BCUT2D eigenvalue weighted by atomic mass is 16.6. The van der Waals surface area contributed by atoms with Gasteiger partial charge in [-0.1, -0.05) is 143 Å². The predicted molar refractivity (Wildman–Crippen MR) is 332 cm³/mol. The largest absolute Gasteiger partial charge is 0.461 e. The molecule has 2 aliphatic heterocycles. The van der Waals surface area contributed by atoms with Crippen LogP contribution in [-0.2, 0) is 57.4 Å². The summed E-state index contributed by atoms with van der Waals surface area (Å²) in [7, 11) is 0. The number of carbonyl (C=O) groups excluding carboxylic acids is 12. The molecule has 24 nitrogen and oxygen atoms in total. The Hall–Kier alpha value is -6.36. The Morgan fingerprint density at radius 1 is 0.433 bits per heavy atom. The second-order valence-electron chi connectivity index (χ2n) is 32.8. The molecule has 12 atom stereocenters. The average molecular weight is 1260 g/mol. The van der Waals surface area contributed by atoms with Gasteiger partial charge in [0, 0.05) is 13.1 Å². The van der Waals surface area contributed by atoms with Gasteiger partial charge in [-0.2, -0.15) is 0 Å². The van der Waals surface area contributed by atoms with Gasteiger partial charge in [-0.25, -0.2) is 19.2 Å². The van der Waals surface area contributed by atoms with Crippen LogP contribution in [0.2, 0.25) is 0 Å². The number of ether oxygens (including phenoxy) is 2. The zero-order chi connectivity index (χ0) is 67.3. The number of fused-ring (bicyclic) bond motifs is 2. The average Bonchev–Trinajstić information content (AvgIpc) is 1.54. The van der Waals surface area contributed by atoms with Gasteiger partial charge in [0.2, 0.25) is 35.2 Å². The number of rotatable bonds is 22. The Labute approximate surface area is 531 Å². The van der Waals surface area contributed by atoms with Crippen molar-refractivity contribution in [3.63, 3.8) is 0 Å². The lowest BCUT2D eigenvalue weighted by atomic mass is 9.80. The van der Waals surface area contributed by atoms with Crippen molar-refractivity contribution in [3.8, 4) is 0 Å². The van der Waals surface area contributed by atoms with Crippen molar-refractivity contribution in [2.75, 3.05) is 13.1 Å². The molecule has 24 heteroatoms. The Bertz CT molecular complexity index is 2790. The summed E-state index contributed by atoms with van der Waals surface area (Å²) in [6.45, 7) is 30.7. The topological polar surface area (TPSA) is 354 Å². The molecule has 0 bridgehead atoms. The molecule has 90 heavy (non-hydrogen) atoms. The van der Waals surface area contributed by atoms with E-state index in [2.05, 4.69) is 45.7 Å². The SMILES string of the molecule is CC(C)(C)[C@H](NC(=O)N[C@H](C(=O)N1C[C@H]2[C@@H]([C@H]1C(=O)NC(CC1CC1)C(=O)C(N)=O)C2(C)C)C(C)(C)C)C(=O)OC1CCC1.CC(C)(C)[C@H](NC(=O)N[C@H](C(=O)N1C[C@H]2[C@@H]([C@H]1C(=O)NC(CC1CCC1)C(=O)C(N)=O)C2(C)C)C(C)(C)C)C(=O)OC1CCCC1. The van der Waals surface area contributed by atoms with Gasteiger partial charge in [-0.3, -0.25) is 38.4 Å². The minimum atomic E-state index is -1.10. The molecule has 0 aromatic rings. The van der Waals surface area contributed by atoms with Crippen LogP contribution in [0.4, 0.5) is 9.59 Å². The second kappa shape index (κ2) is 26.7. The molecule has 8 fully saturated rings. The Morgan fingerprint density at radius 2 is 0.733 bits per heavy atom. The predicted octanol–water partition coefficient (Wildman–Crippen LogP) is 4.85. The second-order valence-corrected chi connectivity index (χ2v) is 32.8. The summed E-state index contributed by atoms with van der Waals surface area (Å²) < 4.78 is 11.3. The van der Waals surface area contributed by atoms with E-state index in [0.717, 1.165) is 77.0 Å². The van der Waals surface area contributed by atoms with E-state index in [4.69, 9.17) is 20.9 Å². The van der Waals surface area contributed by atoms with Crippen molar-refractivity contribution < 1.29 is 67.0 Å². The summed E-state index contributed by atoms with van der Waals surface area (Å²) in [6, 6.07) is -9.17. The highest BCUT2D eigenvalue weighted by Gasteiger charge is 2.71. The van der Waals surface area contributed by atoms with Crippen molar-refractivity contribution in [3.05, 3.63) is 0 Å². The van der Waals surface area contributed by atoms with Crippen molar-refractivity contribution >= 4 is 71.0 Å². The highest BCUT2D eigenvalue weighted by Crippen LogP contribution is 2.66. The lowest BCUT2D eigenvalue weighted by Gasteiger charge is -2.38. The number of amides is 10. The molecule has 0 spiro atoms. The van der Waals surface area contributed by atoms with Crippen LogP contribution in [0.1, 0.15) is 201 Å². The highest BCUT2D eigenvalue weighted by molar-refractivity contribution is 6.38. The minimum Gasteiger partial charge on any atom is -0.461 e. The molecule has 10 amide bonds. The number of esters is 2. The summed E-state index contributed by atoms with van der Waals surface area (Å²) in [5.74, 6) is -6.45. The third-order valence-corrected chi connectivity index (χ3v) is 20.8. The smallest absolute Gasteiger partial charge is 0.329 e. The fourth-order valence-corrected chi connectivity index (χ4v) is 14.2. The Kier molecular flexibility index (Phi) is 21.1. The van der Waals surface area contributed by atoms with E-state index in [0.29, 0.717) is 25.9 Å². The van der Waals surface area contributed by atoms with Crippen LogP contribution < -0.4 is 43.4 Å². The number of likely N-dealkylation sites (tertiary alicyclic amines) is 2. The molecular formula is C66H106N10O14. The van der Waals surface area contributed by atoms with Crippen molar-refractivity contribution in [1.82, 2.24) is 41.7 Å². The maximum atomic E-state index is 14.3. The van der Waals surface area contributed by atoms with Crippen LogP contribution in [0.5, 0.6) is 0 Å². The fourth-order valence-electron chi connectivity index (χ4n) is 14.2. The molecule has 504 valence electrons. The molecule has 0 aromatic carbocycles. The maximum absolute atomic E-state index is 14.3. The number of nitrogens with two attached hydrogens (primary N) is 2. The van der Waals surface area contributed by atoms with Gasteiger partial charge in [-0.05, 0) is 126 Å². The molecule has 8 aliphatic rings. The van der Waals surface area contributed by atoms with E-state index >= 15 is 0 Å². The summed E-state index contributed by atoms with van der Waals surface area (Å²) in [6.07, 6.45) is 11.3. The van der Waals surface area contributed by atoms with Gasteiger partial charge < -0.3 is 62.6 Å². The van der Waals surface area contributed by atoms with Crippen LogP contribution in [0.25, 0.3) is 0 Å². The molecule has 6 aliphatic carbocycles. The summed E-state index contributed by atoms with van der Waals surface area (Å²) in [5.41, 5.74) is 7.41. The van der Waals surface area contributed by atoms with Crippen molar-refractivity contribution in [2.45, 2.75) is 261 Å². The van der Waals surface area contributed by atoms with Crippen LogP contribution in [0.15, 0.2) is 0 Å². The van der Waals surface area contributed by atoms with E-state index in [9.17, 15) is 57.5 Å². The van der Waals surface area contributed by atoms with Crippen LogP contribution in [-0.4, -0.2) is 154 Å². The molecule has 2 heterocycles. The van der Waals surface area contributed by atoms with Gasteiger partial charge in [0.15, 0.2) is 0 Å². The number of primary amides is 2. The normalized spacial score (nSPS) is 26.2. The van der Waals surface area contributed by atoms with Crippen molar-refractivity contribution in [1.29, 1.82) is 0 Å². The molecule has 8 rings (SSSR count). The Balaban J connectivity index is 0.000000256. The standard InChI is InChI=1S/C34H55N5O7.C32H51N5O7/c1-32(2,3)25(37-31(45)38-26(33(4,5)6)30(44)46-19-14-9-10-15-19)29(43)39-17-20-22(34(20,7)8)23(39)28(42)36-21(24(40)27(35)41)16-18-12-11-13-18;1-30(2,3)23(35-29(43)36-24(31(4,5)6)28(42)44-17-10-9-11-17)27(41)37-15-18-20(32(18,7)8)21(37)26(40)34-19(14-16-12-13-16)22(38)25(33)39/h18-23,25-26H,9-17H2,1-8H3,(H2,35,41)(H,36,42)(H2,37,38,45);16-21,23-24H,9-15H2,1-8H3,(H2,33,39)(H,34,40)(H2,35,36,43)/t20-,21?,22-,23-,25+,26+;18-,19?,20-,21-,23+,24+/m00/s1.